The van der Waals surface area contributed by atoms with E-state index in [1.54, 1.807) is 7.11 Å². The van der Waals surface area contributed by atoms with Gasteiger partial charge >= 0.3 is 0 Å². The molecule has 4 nitrogen and oxygen atoms in total. The van der Waals surface area contributed by atoms with E-state index in [9.17, 15) is 0 Å². The molecule has 1 atom stereocenters. The molecule has 0 aliphatic carbocycles. The highest BCUT2D eigenvalue weighted by Gasteiger charge is 2.25. The van der Waals surface area contributed by atoms with E-state index < -0.39 is 0 Å². The summed E-state index contributed by atoms with van der Waals surface area (Å²) in [5.74, 6) is 0.389. The van der Waals surface area contributed by atoms with Crippen LogP contribution in [0.1, 0.15) is 0 Å². The largest absolute Gasteiger partial charge is 0.399 e. The molecule has 0 amide bonds. The summed E-state index contributed by atoms with van der Waals surface area (Å²) in [6.07, 6.45) is 0. The first-order valence-electron chi connectivity index (χ1n) is 3.76. The molecule has 1 aliphatic rings. The predicted molar refractivity (Wildman–Crippen MR) is 44.5 cm³/mol. The Morgan fingerprint density at radius 2 is 2.55 bits per heavy atom. The van der Waals surface area contributed by atoms with Gasteiger partial charge in [-0.1, -0.05) is 5.16 Å². The van der Waals surface area contributed by atoms with Crippen molar-refractivity contribution < 1.29 is 4.84 Å². The van der Waals surface area contributed by atoms with Crippen LogP contribution in [0.15, 0.2) is 5.16 Å². The zero-order valence-corrected chi connectivity index (χ0v) is 7.08. The van der Waals surface area contributed by atoms with Gasteiger partial charge in [-0.25, -0.2) is 0 Å². The van der Waals surface area contributed by atoms with E-state index in [0.717, 1.165) is 18.8 Å². The summed E-state index contributed by atoms with van der Waals surface area (Å²) in [6.45, 7) is 2.54. The average Bonchev–Trinajstić information content (AvgIpc) is 2.32. The molecule has 0 aromatic heterocycles. The molecule has 0 spiro atoms. The van der Waals surface area contributed by atoms with Gasteiger partial charge in [-0.15, -0.1) is 0 Å². The monoisotopic (exact) mass is 157 g/mol. The maximum atomic E-state index is 5.55. The third-order valence-corrected chi connectivity index (χ3v) is 1.93. The highest BCUT2D eigenvalue weighted by molar-refractivity contribution is 5.90. The van der Waals surface area contributed by atoms with Gasteiger partial charge in [0.1, 0.15) is 7.11 Å². The first-order valence-corrected chi connectivity index (χ1v) is 3.76. The number of oxime groups is 1. The van der Waals surface area contributed by atoms with Crippen molar-refractivity contribution in [2.45, 2.75) is 0 Å². The third kappa shape index (κ3) is 1.91. The average molecular weight is 157 g/mol. The van der Waals surface area contributed by atoms with Crippen LogP contribution in [0.3, 0.4) is 0 Å². The Morgan fingerprint density at radius 3 is 3.09 bits per heavy atom. The van der Waals surface area contributed by atoms with E-state index in [1.807, 2.05) is 0 Å². The Morgan fingerprint density at radius 1 is 1.82 bits per heavy atom. The van der Waals surface area contributed by atoms with Gasteiger partial charge in [-0.05, 0) is 7.05 Å². The lowest BCUT2D eigenvalue weighted by molar-refractivity contribution is 0.211. The van der Waals surface area contributed by atoms with Crippen molar-refractivity contribution in [2.24, 2.45) is 16.8 Å². The van der Waals surface area contributed by atoms with E-state index >= 15 is 0 Å². The van der Waals surface area contributed by atoms with Crippen LogP contribution in [-0.2, 0) is 4.84 Å². The molecule has 1 unspecified atom stereocenters. The molecule has 2 N–H and O–H groups in total. The molecule has 0 radical (unpaired) electrons. The fourth-order valence-electron chi connectivity index (χ4n) is 1.38. The minimum atomic E-state index is 0.389. The van der Waals surface area contributed by atoms with E-state index in [1.165, 1.54) is 0 Å². The molecule has 1 heterocycles. The summed E-state index contributed by atoms with van der Waals surface area (Å²) in [5.41, 5.74) is 6.62. The highest BCUT2D eigenvalue weighted by Crippen LogP contribution is 2.10. The maximum Gasteiger partial charge on any atom is 0.106 e. The summed E-state index contributed by atoms with van der Waals surface area (Å²) >= 11 is 0. The van der Waals surface area contributed by atoms with Crippen LogP contribution in [0, 0.1) is 5.92 Å². The first kappa shape index (κ1) is 8.49. The second-order valence-electron chi connectivity index (χ2n) is 2.89. The minimum Gasteiger partial charge on any atom is -0.399 e. The molecule has 64 valence electrons. The Kier molecular flexibility index (Phi) is 2.84. The van der Waals surface area contributed by atoms with Crippen LogP contribution >= 0.6 is 0 Å². The molecule has 1 fully saturated rings. The SMILES string of the molecule is CO/N=C1\CN(C)CC1CN. The second-order valence-corrected chi connectivity index (χ2v) is 2.89. The molecule has 0 aromatic carbocycles. The number of hydrogen-bond donors (Lipinski definition) is 1. The molecule has 11 heavy (non-hydrogen) atoms. The van der Waals surface area contributed by atoms with Crippen molar-refractivity contribution in [3.8, 4) is 0 Å². The van der Waals surface area contributed by atoms with E-state index in [0.29, 0.717) is 12.5 Å². The summed E-state index contributed by atoms with van der Waals surface area (Å²) in [5, 5.41) is 3.92. The predicted octanol–water partition coefficient (Wildman–Crippen LogP) is -0.491. The fourth-order valence-corrected chi connectivity index (χ4v) is 1.38. The van der Waals surface area contributed by atoms with Crippen LogP contribution in [0.4, 0.5) is 0 Å². The van der Waals surface area contributed by atoms with Crippen molar-refractivity contribution in [3.63, 3.8) is 0 Å². The number of rotatable bonds is 2. The van der Waals surface area contributed by atoms with Gasteiger partial charge < -0.3 is 15.5 Å². The van der Waals surface area contributed by atoms with Gasteiger partial charge in [-0.3, -0.25) is 0 Å². The molecule has 0 saturated carbocycles. The lowest BCUT2D eigenvalue weighted by Gasteiger charge is -2.05. The first-order chi connectivity index (χ1) is 5.27. The van der Waals surface area contributed by atoms with Crippen LogP contribution in [0.5, 0.6) is 0 Å². The Labute approximate surface area is 67.0 Å². The molecule has 1 saturated heterocycles. The second kappa shape index (κ2) is 3.69. The van der Waals surface area contributed by atoms with Gasteiger partial charge in [0.2, 0.25) is 0 Å². The van der Waals surface area contributed by atoms with Crippen molar-refractivity contribution in [1.29, 1.82) is 0 Å². The zero-order valence-electron chi connectivity index (χ0n) is 7.08. The number of likely N-dealkylation sites (tertiary alicyclic amines) is 1. The lowest BCUT2D eigenvalue weighted by Crippen LogP contribution is -2.22. The van der Waals surface area contributed by atoms with Gasteiger partial charge in [0.05, 0.1) is 5.71 Å². The van der Waals surface area contributed by atoms with Gasteiger partial charge in [0, 0.05) is 25.6 Å². The smallest absolute Gasteiger partial charge is 0.106 e. The van der Waals surface area contributed by atoms with Crippen molar-refractivity contribution in [1.82, 2.24) is 4.90 Å². The van der Waals surface area contributed by atoms with Gasteiger partial charge in [-0.2, -0.15) is 0 Å². The van der Waals surface area contributed by atoms with Crippen LogP contribution in [-0.4, -0.2) is 44.4 Å². The molecule has 1 aliphatic heterocycles. The Bertz CT molecular complexity index is 158. The standard InChI is InChI=1S/C7H15N3O/c1-10-4-6(3-8)7(5-10)9-11-2/h6H,3-5,8H2,1-2H3/b9-7+. The normalized spacial score (nSPS) is 29.7. The van der Waals surface area contributed by atoms with Crippen LogP contribution in [0.25, 0.3) is 0 Å². The molecular weight excluding hydrogens is 142 g/mol. The van der Waals surface area contributed by atoms with Gasteiger partial charge in [0.25, 0.3) is 0 Å². The topological polar surface area (TPSA) is 50.8 Å². The Hall–Kier alpha value is -0.610. The fraction of sp³-hybridized carbons (Fsp3) is 0.857. The van der Waals surface area contributed by atoms with E-state index in [-0.39, 0.29) is 0 Å². The lowest BCUT2D eigenvalue weighted by atomic mass is 10.1. The van der Waals surface area contributed by atoms with Crippen LogP contribution < -0.4 is 5.73 Å². The number of nitrogens with two attached hydrogens (primary N) is 1. The van der Waals surface area contributed by atoms with Crippen molar-refractivity contribution in [2.75, 3.05) is 33.8 Å². The van der Waals surface area contributed by atoms with Gasteiger partial charge in [0.15, 0.2) is 0 Å². The molecule has 0 bridgehead atoms. The van der Waals surface area contributed by atoms with Crippen LogP contribution in [0.2, 0.25) is 0 Å². The molecule has 0 aromatic rings. The number of hydrogen-bond acceptors (Lipinski definition) is 4. The van der Waals surface area contributed by atoms with E-state index in [2.05, 4.69) is 17.1 Å². The quantitative estimate of drug-likeness (QED) is 0.550. The maximum absolute atomic E-state index is 5.55. The highest BCUT2D eigenvalue weighted by atomic mass is 16.6. The Balaban J connectivity index is 2.57. The summed E-state index contributed by atoms with van der Waals surface area (Å²) < 4.78 is 0. The molecule has 1 rings (SSSR count). The molecule has 4 heteroatoms. The van der Waals surface area contributed by atoms with Crippen molar-refractivity contribution >= 4 is 5.71 Å². The summed E-state index contributed by atoms with van der Waals surface area (Å²) in [6, 6.07) is 0. The number of nitrogens with zero attached hydrogens (tertiary/aromatic N) is 2. The summed E-state index contributed by atoms with van der Waals surface area (Å²) in [4.78, 5) is 6.90. The molecular formula is C7H15N3O. The van der Waals surface area contributed by atoms with Crippen molar-refractivity contribution in [3.05, 3.63) is 0 Å². The van der Waals surface area contributed by atoms with E-state index in [4.69, 9.17) is 10.6 Å². The minimum absolute atomic E-state index is 0.389. The zero-order chi connectivity index (χ0) is 8.27. The third-order valence-electron chi connectivity index (χ3n) is 1.93. The summed E-state index contributed by atoms with van der Waals surface area (Å²) in [7, 11) is 3.62.